The summed E-state index contributed by atoms with van der Waals surface area (Å²) in [5.74, 6) is -0.589. The Labute approximate surface area is 173 Å². The average Bonchev–Trinajstić information content (AvgIpc) is 2.73. The van der Waals surface area contributed by atoms with Crippen molar-refractivity contribution in [2.75, 3.05) is 25.1 Å². The summed E-state index contributed by atoms with van der Waals surface area (Å²) >= 11 is 0. The minimum absolute atomic E-state index is 0.201. The molecule has 1 aliphatic carbocycles. The van der Waals surface area contributed by atoms with Crippen molar-refractivity contribution in [3.63, 3.8) is 0 Å². The molecule has 1 aromatic carbocycles. The lowest BCUT2D eigenvalue weighted by atomic mass is 9.83. The van der Waals surface area contributed by atoms with Crippen molar-refractivity contribution in [3.05, 3.63) is 42.5 Å². The lowest BCUT2D eigenvalue weighted by Crippen LogP contribution is -2.25. The number of hydrogen-bond donors (Lipinski definition) is 2. The highest BCUT2D eigenvalue weighted by Gasteiger charge is 2.23. The second-order valence-corrected chi connectivity index (χ2v) is 7.28. The number of aromatic nitrogens is 2. The summed E-state index contributed by atoms with van der Waals surface area (Å²) in [6, 6.07) is 5.89. The Hall–Kier alpha value is -3.07. The first-order valence-corrected chi connectivity index (χ1v) is 9.81. The number of halogens is 1. The van der Waals surface area contributed by atoms with Crippen LogP contribution in [0.1, 0.15) is 25.7 Å². The van der Waals surface area contributed by atoms with Crippen LogP contribution in [0.3, 0.4) is 0 Å². The molecule has 1 fully saturated rings. The maximum Gasteiger partial charge on any atom is 0.412 e. The lowest BCUT2D eigenvalue weighted by molar-refractivity contribution is -0.142. The number of rotatable bonds is 8. The van der Waals surface area contributed by atoms with Crippen LogP contribution < -0.4 is 5.32 Å². The highest BCUT2D eigenvalue weighted by molar-refractivity contribution is 5.88. The molecule has 0 spiro atoms. The van der Waals surface area contributed by atoms with Gasteiger partial charge >= 0.3 is 12.1 Å². The lowest BCUT2D eigenvalue weighted by Gasteiger charge is -2.27. The fourth-order valence-corrected chi connectivity index (χ4v) is 3.48. The zero-order valence-corrected chi connectivity index (χ0v) is 16.4. The van der Waals surface area contributed by atoms with Crippen molar-refractivity contribution in [2.24, 2.45) is 11.8 Å². The highest BCUT2D eigenvalue weighted by Crippen LogP contribution is 2.29. The smallest absolute Gasteiger partial charge is 0.412 e. The summed E-state index contributed by atoms with van der Waals surface area (Å²) in [5.41, 5.74) is 0.859. The molecule has 160 valence electrons. The third kappa shape index (κ3) is 6.48. The van der Waals surface area contributed by atoms with Gasteiger partial charge in [-0.2, -0.15) is 0 Å². The molecule has 1 heterocycles. The summed E-state index contributed by atoms with van der Waals surface area (Å²) in [7, 11) is 0. The molecule has 9 heteroatoms. The molecule has 0 radical (unpaired) electrons. The molecule has 1 aliphatic rings. The molecular weight excluding hydrogens is 393 g/mol. The van der Waals surface area contributed by atoms with Crippen LogP contribution in [-0.2, 0) is 14.3 Å². The minimum Gasteiger partial charge on any atom is -0.480 e. The minimum atomic E-state index is -0.966. The van der Waals surface area contributed by atoms with Gasteiger partial charge in [0, 0.05) is 18.0 Å². The molecule has 1 aromatic heterocycles. The van der Waals surface area contributed by atoms with Crippen molar-refractivity contribution >= 4 is 17.9 Å². The van der Waals surface area contributed by atoms with Crippen LogP contribution in [-0.4, -0.2) is 47.0 Å². The number of carbonyl (C=O) groups excluding carboxylic acids is 1. The Morgan fingerprint density at radius 3 is 2.50 bits per heavy atom. The van der Waals surface area contributed by atoms with Crippen molar-refractivity contribution in [1.29, 1.82) is 0 Å². The van der Waals surface area contributed by atoms with Crippen LogP contribution in [0, 0.1) is 17.7 Å². The van der Waals surface area contributed by atoms with Gasteiger partial charge in [0.15, 0.2) is 5.82 Å². The van der Waals surface area contributed by atoms with E-state index < -0.39 is 17.9 Å². The molecule has 1 amide bonds. The van der Waals surface area contributed by atoms with E-state index in [0.29, 0.717) is 23.8 Å². The van der Waals surface area contributed by atoms with Gasteiger partial charge in [0.1, 0.15) is 18.1 Å². The van der Waals surface area contributed by atoms with E-state index in [4.69, 9.17) is 14.6 Å². The maximum absolute atomic E-state index is 13.5. The van der Waals surface area contributed by atoms with Crippen molar-refractivity contribution in [2.45, 2.75) is 25.7 Å². The molecule has 0 aliphatic heterocycles. The first-order chi connectivity index (χ1) is 14.5. The molecule has 0 unspecified atom stereocenters. The fourth-order valence-electron chi connectivity index (χ4n) is 3.48. The summed E-state index contributed by atoms with van der Waals surface area (Å²) in [6.45, 7) is 0.448. The van der Waals surface area contributed by atoms with Gasteiger partial charge in [0.25, 0.3) is 0 Å². The molecule has 0 atom stereocenters. The summed E-state index contributed by atoms with van der Waals surface area (Å²) in [6.07, 6.45) is 5.84. The van der Waals surface area contributed by atoms with Crippen LogP contribution in [0.15, 0.2) is 36.7 Å². The van der Waals surface area contributed by atoms with E-state index >= 15 is 0 Å². The zero-order chi connectivity index (χ0) is 21.3. The van der Waals surface area contributed by atoms with E-state index in [0.717, 1.165) is 25.7 Å². The Morgan fingerprint density at radius 2 is 1.80 bits per heavy atom. The molecular formula is C21H24FN3O5. The highest BCUT2D eigenvalue weighted by atomic mass is 19.1. The topological polar surface area (TPSA) is 111 Å². The van der Waals surface area contributed by atoms with Crippen molar-refractivity contribution < 1.29 is 28.6 Å². The number of hydrogen-bond acceptors (Lipinski definition) is 6. The van der Waals surface area contributed by atoms with Gasteiger partial charge in [-0.25, -0.2) is 19.0 Å². The number of carboxylic acid groups (broad SMARTS) is 1. The van der Waals surface area contributed by atoms with E-state index in [-0.39, 0.29) is 24.9 Å². The predicted octanol–water partition coefficient (Wildman–Crippen LogP) is 3.74. The van der Waals surface area contributed by atoms with Crippen LogP contribution in [0.2, 0.25) is 0 Å². The fraction of sp³-hybridized carbons (Fsp3) is 0.429. The molecule has 2 N–H and O–H groups in total. The maximum atomic E-state index is 13.5. The second-order valence-electron chi connectivity index (χ2n) is 7.28. The van der Waals surface area contributed by atoms with E-state index in [1.165, 1.54) is 24.5 Å². The van der Waals surface area contributed by atoms with E-state index in [1.807, 2.05) is 0 Å². The average molecular weight is 417 g/mol. The first-order valence-electron chi connectivity index (χ1n) is 9.81. The number of carbonyl (C=O) groups is 2. The zero-order valence-electron chi connectivity index (χ0n) is 16.4. The molecule has 3 rings (SSSR count). The van der Waals surface area contributed by atoms with Crippen LogP contribution >= 0.6 is 0 Å². The van der Waals surface area contributed by atoms with Gasteiger partial charge in [-0.1, -0.05) is 12.1 Å². The predicted molar refractivity (Wildman–Crippen MR) is 106 cm³/mol. The van der Waals surface area contributed by atoms with Crippen LogP contribution in [0.5, 0.6) is 0 Å². The number of anilines is 1. The van der Waals surface area contributed by atoms with Gasteiger partial charge in [0.2, 0.25) is 0 Å². The number of nitrogens with one attached hydrogen (secondary N) is 1. The Bertz CT molecular complexity index is 871. The van der Waals surface area contributed by atoms with E-state index in [9.17, 15) is 14.0 Å². The summed E-state index contributed by atoms with van der Waals surface area (Å²) in [4.78, 5) is 31.0. The van der Waals surface area contributed by atoms with E-state index in [2.05, 4.69) is 15.3 Å². The molecule has 1 saturated carbocycles. The van der Waals surface area contributed by atoms with Gasteiger partial charge in [-0.15, -0.1) is 0 Å². The number of aliphatic carboxylic acids is 1. The SMILES string of the molecule is O=C(O)COCC1CCC(COC(=O)Nc2nccnc2-c2cccc(F)c2)CC1. The Balaban J connectivity index is 1.46. The monoisotopic (exact) mass is 417 g/mol. The summed E-state index contributed by atoms with van der Waals surface area (Å²) < 4.78 is 24.0. The Kier molecular flexibility index (Phi) is 7.67. The van der Waals surface area contributed by atoms with Gasteiger partial charge in [-0.3, -0.25) is 10.3 Å². The quantitative estimate of drug-likeness (QED) is 0.673. The van der Waals surface area contributed by atoms with Crippen LogP contribution in [0.4, 0.5) is 15.0 Å². The molecule has 8 nitrogen and oxygen atoms in total. The van der Waals surface area contributed by atoms with E-state index in [1.54, 1.807) is 12.1 Å². The molecule has 30 heavy (non-hydrogen) atoms. The standard InChI is InChI=1S/C21H24FN3O5/c22-17-3-1-2-16(10-17)19-20(24-9-8-23-19)25-21(28)30-12-15-6-4-14(5-7-15)11-29-13-18(26)27/h1-3,8-10,14-15H,4-7,11-13H2,(H,26,27)(H,24,25,28). The normalized spacial score (nSPS) is 18.6. The van der Waals surface area contributed by atoms with Gasteiger partial charge < -0.3 is 14.6 Å². The summed E-state index contributed by atoms with van der Waals surface area (Å²) in [5, 5.41) is 11.2. The van der Waals surface area contributed by atoms with Gasteiger partial charge in [0.05, 0.1) is 13.2 Å². The van der Waals surface area contributed by atoms with Crippen molar-refractivity contribution in [3.8, 4) is 11.3 Å². The number of amides is 1. The van der Waals surface area contributed by atoms with Crippen molar-refractivity contribution in [1.82, 2.24) is 9.97 Å². The number of carboxylic acids is 1. The molecule has 0 bridgehead atoms. The van der Waals surface area contributed by atoms with Crippen LogP contribution in [0.25, 0.3) is 11.3 Å². The third-order valence-electron chi connectivity index (χ3n) is 5.01. The molecule has 2 aromatic rings. The largest absolute Gasteiger partial charge is 0.480 e. The first kappa shape index (κ1) is 21.6. The number of nitrogens with zero attached hydrogens (tertiary/aromatic N) is 2. The molecule has 0 saturated heterocycles. The Morgan fingerprint density at radius 1 is 1.10 bits per heavy atom. The number of benzene rings is 1. The second kappa shape index (κ2) is 10.6. The van der Waals surface area contributed by atoms with Gasteiger partial charge in [-0.05, 0) is 49.7 Å². The number of ether oxygens (including phenoxy) is 2. The third-order valence-corrected chi connectivity index (χ3v) is 5.01.